The molecule has 1 aliphatic heterocycles. The Balaban J connectivity index is 1.98. The number of rotatable bonds is 4. The molecule has 10 heteroatoms. The van der Waals surface area contributed by atoms with Crippen LogP contribution in [0.15, 0.2) is 35.5 Å². The first-order valence-electron chi connectivity index (χ1n) is 7.28. The van der Waals surface area contributed by atoms with E-state index in [1.165, 1.54) is 6.20 Å². The molecule has 0 spiro atoms. The molecule has 0 unspecified atom stereocenters. The lowest BCUT2D eigenvalue weighted by molar-refractivity contribution is 0.242. The van der Waals surface area contributed by atoms with Gasteiger partial charge in [0.05, 0.1) is 12.2 Å². The lowest BCUT2D eigenvalue weighted by Gasteiger charge is -2.24. The van der Waals surface area contributed by atoms with Gasteiger partial charge in [0.2, 0.25) is 10.0 Å². The number of benzene rings is 1. The fourth-order valence-electron chi connectivity index (χ4n) is 2.95. The first-order chi connectivity index (χ1) is 11.3. The molecule has 2 atom stereocenters. The summed E-state index contributed by atoms with van der Waals surface area (Å²) in [6, 6.07) is 2.51. The average Bonchev–Trinajstić information content (AvgIpc) is 3.16. The van der Waals surface area contributed by atoms with Crippen LogP contribution >= 0.6 is 0 Å². The summed E-state index contributed by atoms with van der Waals surface area (Å²) in [5.41, 5.74) is 0. The van der Waals surface area contributed by atoms with Gasteiger partial charge in [0.25, 0.3) is 0 Å². The van der Waals surface area contributed by atoms with Crippen LogP contribution in [0.2, 0.25) is 0 Å². The van der Waals surface area contributed by atoms with E-state index in [-0.39, 0.29) is 25.2 Å². The molecule has 1 fully saturated rings. The van der Waals surface area contributed by atoms with Gasteiger partial charge in [0.1, 0.15) is 11.6 Å². The molecule has 0 saturated carbocycles. The molecule has 7 nitrogen and oxygen atoms in total. The Morgan fingerprint density at radius 3 is 2.42 bits per heavy atom. The van der Waals surface area contributed by atoms with Gasteiger partial charge >= 0.3 is 0 Å². The van der Waals surface area contributed by atoms with Gasteiger partial charge in [-0.05, 0) is 26.2 Å². The third kappa shape index (κ3) is 2.80. The first-order valence-corrected chi connectivity index (χ1v) is 8.72. The molecule has 0 bridgehead atoms. The van der Waals surface area contributed by atoms with Crippen molar-refractivity contribution in [2.45, 2.75) is 17.0 Å². The van der Waals surface area contributed by atoms with E-state index in [0.717, 1.165) is 22.5 Å². The summed E-state index contributed by atoms with van der Waals surface area (Å²) in [6.45, 7) is 0.163. The Morgan fingerprint density at radius 1 is 1.21 bits per heavy atom. The zero-order valence-corrected chi connectivity index (χ0v) is 14.0. The first kappa shape index (κ1) is 16.9. The Bertz CT molecular complexity index is 805. The number of aromatic nitrogens is 3. The third-order valence-corrected chi connectivity index (χ3v) is 6.07. The smallest absolute Gasteiger partial charge is 0.249 e. The van der Waals surface area contributed by atoms with Gasteiger partial charge in [-0.3, -0.25) is 0 Å². The van der Waals surface area contributed by atoms with E-state index in [1.807, 2.05) is 19.0 Å². The number of sulfonamides is 1. The quantitative estimate of drug-likeness (QED) is 0.807. The van der Waals surface area contributed by atoms with Crippen molar-refractivity contribution < 1.29 is 17.2 Å². The zero-order chi connectivity index (χ0) is 17.5. The maximum Gasteiger partial charge on any atom is 0.249 e. The second kappa shape index (κ2) is 6.19. The summed E-state index contributed by atoms with van der Waals surface area (Å²) in [5, 5.41) is 7.67. The van der Waals surface area contributed by atoms with E-state index in [9.17, 15) is 17.2 Å². The summed E-state index contributed by atoms with van der Waals surface area (Å²) >= 11 is 0. The Kier molecular flexibility index (Phi) is 4.37. The monoisotopic (exact) mass is 357 g/mol. The summed E-state index contributed by atoms with van der Waals surface area (Å²) < 4.78 is 56.0. The van der Waals surface area contributed by atoms with E-state index in [4.69, 9.17) is 0 Å². The van der Waals surface area contributed by atoms with Crippen LogP contribution in [0, 0.1) is 11.6 Å². The highest BCUT2D eigenvalue weighted by molar-refractivity contribution is 7.89. The fraction of sp³-hybridized carbons (Fsp3) is 0.429. The highest BCUT2D eigenvalue weighted by Gasteiger charge is 2.43. The number of hydrogen-bond donors (Lipinski definition) is 0. The SMILES string of the molecule is CN(C)[C@@H]1CN(S(=O)(=O)c2c(F)cccc2F)C[C@@H]1n1ccnn1. The van der Waals surface area contributed by atoms with Crippen molar-refractivity contribution in [3.63, 3.8) is 0 Å². The van der Waals surface area contributed by atoms with Gasteiger partial charge in [-0.15, -0.1) is 5.10 Å². The van der Waals surface area contributed by atoms with E-state index in [2.05, 4.69) is 10.3 Å². The lowest BCUT2D eigenvalue weighted by atomic mass is 10.1. The molecule has 2 heterocycles. The second-order valence-electron chi connectivity index (χ2n) is 5.85. The summed E-state index contributed by atoms with van der Waals surface area (Å²) in [6.07, 6.45) is 3.14. The molecule has 1 aromatic carbocycles. The number of halogens is 2. The van der Waals surface area contributed by atoms with Crippen LogP contribution in [0.1, 0.15) is 6.04 Å². The summed E-state index contributed by atoms with van der Waals surface area (Å²) in [4.78, 5) is 0.946. The lowest BCUT2D eigenvalue weighted by Crippen LogP contribution is -2.37. The Labute approximate surface area is 138 Å². The van der Waals surface area contributed by atoms with Gasteiger partial charge in [-0.25, -0.2) is 21.9 Å². The molecule has 3 rings (SSSR count). The molecule has 2 aromatic rings. The molecular weight excluding hydrogens is 340 g/mol. The number of likely N-dealkylation sites (N-methyl/N-ethyl adjacent to an activating group) is 1. The molecule has 0 N–H and O–H groups in total. The van der Waals surface area contributed by atoms with E-state index in [1.54, 1.807) is 10.9 Å². The van der Waals surface area contributed by atoms with Crippen molar-refractivity contribution >= 4 is 10.0 Å². The Morgan fingerprint density at radius 2 is 1.88 bits per heavy atom. The van der Waals surface area contributed by atoms with Gasteiger partial charge in [-0.2, -0.15) is 4.31 Å². The van der Waals surface area contributed by atoms with Crippen LogP contribution in [-0.4, -0.2) is 65.8 Å². The van der Waals surface area contributed by atoms with Crippen LogP contribution in [0.25, 0.3) is 0 Å². The second-order valence-corrected chi connectivity index (χ2v) is 7.73. The average molecular weight is 357 g/mol. The van der Waals surface area contributed by atoms with Gasteiger partial charge in [0, 0.05) is 25.3 Å². The largest absolute Gasteiger partial charge is 0.303 e. The van der Waals surface area contributed by atoms with Crippen LogP contribution in [0.5, 0.6) is 0 Å². The molecular formula is C14H17F2N5O2S. The minimum absolute atomic E-state index is 0.0579. The molecule has 1 aliphatic rings. The van der Waals surface area contributed by atoms with Crippen molar-refractivity contribution in [1.29, 1.82) is 0 Å². The highest BCUT2D eigenvalue weighted by atomic mass is 32.2. The maximum atomic E-state index is 13.9. The van der Waals surface area contributed by atoms with E-state index >= 15 is 0 Å². The van der Waals surface area contributed by atoms with Crippen molar-refractivity contribution in [3.8, 4) is 0 Å². The minimum Gasteiger partial charge on any atom is -0.303 e. The predicted molar refractivity (Wildman–Crippen MR) is 81.7 cm³/mol. The molecule has 0 amide bonds. The van der Waals surface area contributed by atoms with Gasteiger partial charge in [-0.1, -0.05) is 11.3 Å². The van der Waals surface area contributed by atoms with Crippen LogP contribution in [0.4, 0.5) is 8.78 Å². The van der Waals surface area contributed by atoms with Crippen molar-refractivity contribution in [3.05, 3.63) is 42.2 Å². The Hall–Kier alpha value is -1.91. The normalized spacial score (nSPS) is 22.4. The number of nitrogens with zero attached hydrogens (tertiary/aromatic N) is 5. The number of hydrogen-bond acceptors (Lipinski definition) is 5. The molecule has 24 heavy (non-hydrogen) atoms. The molecule has 0 radical (unpaired) electrons. The molecule has 1 saturated heterocycles. The van der Waals surface area contributed by atoms with Crippen LogP contribution in [0.3, 0.4) is 0 Å². The van der Waals surface area contributed by atoms with Gasteiger partial charge < -0.3 is 4.90 Å². The predicted octanol–water partition coefficient (Wildman–Crippen LogP) is 0.732. The highest BCUT2D eigenvalue weighted by Crippen LogP contribution is 2.31. The van der Waals surface area contributed by atoms with Gasteiger partial charge in [0.15, 0.2) is 4.90 Å². The fourth-order valence-corrected chi connectivity index (χ4v) is 4.54. The van der Waals surface area contributed by atoms with Crippen molar-refractivity contribution in [2.24, 2.45) is 0 Å². The zero-order valence-electron chi connectivity index (χ0n) is 13.2. The molecule has 130 valence electrons. The minimum atomic E-state index is -4.30. The van der Waals surface area contributed by atoms with Crippen LogP contribution in [-0.2, 0) is 10.0 Å². The third-order valence-electron chi connectivity index (χ3n) is 4.19. The molecule has 0 aliphatic carbocycles. The van der Waals surface area contributed by atoms with E-state index < -0.39 is 26.6 Å². The van der Waals surface area contributed by atoms with Crippen molar-refractivity contribution in [1.82, 2.24) is 24.2 Å². The maximum absolute atomic E-state index is 13.9. The summed E-state index contributed by atoms with van der Waals surface area (Å²) in [7, 11) is -0.668. The topological polar surface area (TPSA) is 71.3 Å². The standard InChI is InChI=1S/C14H17F2N5O2S/c1-19(2)12-8-20(9-13(12)21-7-6-17-18-21)24(22,23)14-10(15)4-3-5-11(14)16/h3-7,12-13H,8-9H2,1-2H3/t12-,13+/m1/s1. The van der Waals surface area contributed by atoms with Crippen LogP contribution < -0.4 is 0 Å². The van der Waals surface area contributed by atoms with Crippen molar-refractivity contribution in [2.75, 3.05) is 27.2 Å². The summed E-state index contributed by atoms with van der Waals surface area (Å²) in [5.74, 6) is -2.19. The van der Waals surface area contributed by atoms with E-state index in [0.29, 0.717) is 0 Å². The molecule has 1 aromatic heterocycles.